The molecule has 0 amide bonds. The topological polar surface area (TPSA) is 0 Å². The molecule has 3 heteroatoms. The van der Waals surface area contributed by atoms with E-state index < -0.39 is 11.7 Å². The molecular weight excluding hydrogens is 165 g/mol. The smallest absolute Gasteiger partial charge is 0.166 e. The second kappa shape index (κ2) is 3.33. The molecule has 0 saturated heterocycles. The number of alkyl halides is 3. The van der Waals surface area contributed by atoms with E-state index in [4.69, 9.17) is 0 Å². The second-order valence-electron chi connectivity index (χ2n) is 2.78. The van der Waals surface area contributed by atoms with Crippen LogP contribution in [0.25, 0.3) is 0 Å². The molecule has 12 heavy (non-hydrogen) atoms. The normalized spacial score (nSPS) is 18.7. The molecule has 0 fully saturated rings. The van der Waals surface area contributed by atoms with E-state index in [0.29, 0.717) is 18.4 Å². The Kier molecular flexibility index (Phi) is 2.60. The summed E-state index contributed by atoms with van der Waals surface area (Å²) in [6.07, 6.45) is 0.524. The minimum Gasteiger partial charge on any atom is -0.166 e. The van der Waals surface area contributed by atoms with Gasteiger partial charge in [0, 0.05) is 0 Å². The third kappa shape index (κ3) is 1.90. The molecule has 0 aromatic carbocycles. The SMILES string of the molecule is CCC1=CCCC=C1C(F)(F)F. The average Bonchev–Trinajstić information content (AvgIpc) is 2.03. The summed E-state index contributed by atoms with van der Waals surface area (Å²) in [6.45, 7) is 1.75. The van der Waals surface area contributed by atoms with Gasteiger partial charge < -0.3 is 0 Å². The predicted octanol–water partition coefficient (Wildman–Crippen LogP) is 3.61. The molecule has 0 saturated carbocycles. The first-order chi connectivity index (χ1) is 5.55. The standard InChI is InChI=1S/C9H11F3/c1-2-7-5-3-4-6-8(7)9(10,11)12/h5-6H,2-4H2,1H3. The molecule has 1 rings (SSSR count). The Morgan fingerprint density at radius 2 is 1.83 bits per heavy atom. The third-order valence-corrected chi connectivity index (χ3v) is 1.94. The van der Waals surface area contributed by atoms with E-state index in [0.717, 1.165) is 6.42 Å². The molecule has 0 N–H and O–H groups in total. The maximum absolute atomic E-state index is 12.3. The lowest BCUT2D eigenvalue weighted by atomic mass is 9.95. The summed E-state index contributed by atoms with van der Waals surface area (Å²) >= 11 is 0. The van der Waals surface area contributed by atoms with Crippen LogP contribution in [0.1, 0.15) is 26.2 Å². The fourth-order valence-electron chi connectivity index (χ4n) is 1.36. The largest absolute Gasteiger partial charge is 0.416 e. The summed E-state index contributed by atoms with van der Waals surface area (Å²) in [4.78, 5) is 0. The fourth-order valence-corrected chi connectivity index (χ4v) is 1.36. The molecule has 0 atom stereocenters. The van der Waals surface area contributed by atoms with Gasteiger partial charge in [0.05, 0.1) is 5.57 Å². The van der Waals surface area contributed by atoms with Crippen molar-refractivity contribution in [2.45, 2.75) is 32.4 Å². The number of hydrogen-bond donors (Lipinski definition) is 0. The number of hydrogen-bond acceptors (Lipinski definition) is 0. The van der Waals surface area contributed by atoms with Gasteiger partial charge in [-0.3, -0.25) is 0 Å². The van der Waals surface area contributed by atoms with Crippen LogP contribution in [0.2, 0.25) is 0 Å². The number of rotatable bonds is 1. The van der Waals surface area contributed by atoms with Gasteiger partial charge >= 0.3 is 6.18 Å². The van der Waals surface area contributed by atoms with E-state index in [-0.39, 0.29) is 0 Å². The first kappa shape index (κ1) is 9.36. The Labute approximate surface area is 69.8 Å². The number of allylic oxidation sites excluding steroid dienone is 4. The van der Waals surface area contributed by atoms with Crippen molar-refractivity contribution in [1.29, 1.82) is 0 Å². The van der Waals surface area contributed by atoms with Crippen molar-refractivity contribution in [3.05, 3.63) is 23.3 Å². The van der Waals surface area contributed by atoms with Crippen LogP contribution in [-0.2, 0) is 0 Å². The van der Waals surface area contributed by atoms with Crippen LogP contribution >= 0.6 is 0 Å². The van der Waals surface area contributed by atoms with E-state index in [1.807, 2.05) is 0 Å². The van der Waals surface area contributed by atoms with Crippen LogP contribution in [0, 0.1) is 0 Å². The highest BCUT2D eigenvalue weighted by atomic mass is 19.4. The van der Waals surface area contributed by atoms with Crippen molar-refractivity contribution in [3.8, 4) is 0 Å². The average molecular weight is 176 g/mol. The van der Waals surface area contributed by atoms with Crippen LogP contribution in [0.3, 0.4) is 0 Å². The van der Waals surface area contributed by atoms with Gasteiger partial charge in [-0.2, -0.15) is 13.2 Å². The Bertz CT molecular complexity index is 220. The highest BCUT2D eigenvalue weighted by Crippen LogP contribution is 2.35. The van der Waals surface area contributed by atoms with E-state index in [1.165, 1.54) is 6.08 Å². The Morgan fingerprint density at radius 3 is 2.25 bits per heavy atom. The maximum atomic E-state index is 12.3. The summed E-state index contributed by atoms with van der Waals surface area (Å²) in [5, 5.41) is 0. The van der Waals surface area contributed by atoms with E-state index >= 15 is 0 Å². The Hall–Kier alpha value is -0.730. The van der Waals surface area contributed by atoms with Crippen molar-refractivity contribution in [3.63, 3.8) is 0 Å². The molecule has 1 aliphatic carbocycles. The molecule has 0 unspecified atom stereocenters. The highest BCUT2D eigenvalue weighted by Gasteiger charge is 2.35. The minimum absolute atomic E-state index is 0.434. The highest BCUT2D eigenvalue weighted by molar-refractivity contribution is 5.36. The summed E-state index contributed by atoms with van der Waals surface area (Å²) in [5.74, 6) is 0. The van der Waals surface area contributed by atoms with Crippen LogP contribution < -0.4 is 0 Å². The molecule has 0 aromatic heterocycles. The van der Waals surface area contributed by atoms with E-state index in [9.17, 15) is 13.2 Å². The zero-order valence-electron chi connectivity index (χ0n) is 6.91. The van der Waals surface area contributed by atoms with Gasteiger partial charge in [0.1, 0.15) is 0 Å². The molecule has 68 valence electrons. The lowest BCUT2D eigenvalue weighted by Gasteiger charge is -2.17. The molecule has 0 radical (unpaired) electrons. The molecule has 0 bridgehead atoms. The molecule has 0 heterocycles. The molecule has 0 aliphatic heterocycles. The fraction of sp³-hybridized carbons (Fsp3) is 0.556. The summed E-state index contributed by atoms with van der Waals surface area (Å²) < 4.78 is 36.8. The van der Waals surface area contributed by atoms with Gasteiger partial charge in [-0.1, -0.05) is 19.1 Å². The summed E-state index contributed by atoms with van der Waals surface area (Å²) in [6, 6.07) is 0. The maximum Gasteiger partial charge on any atom is 0.416 e. The lowest BCUT2D eigenvalue weighted by molar-refractivity contribution is -0.0900. The van der Waals surface area contributed by atoms with E-state index in [2.05, 4.69) is 0 Å². The van der Waals surface area contributed by atoms with Gasteiger partial charge in [-0.05, 0) is 24.8 Å². The first-order valence-corrected chi connectivity index (χ1v) is 4.02. The zero-order chi connectivity index (χ0) is 9.19. The quantitative estimate of drug-likeness (QED) is 0.572. The first-order valence-electron chi connectivity index (χ1n) is 4.02. The molecule has 0 spiro atoms. The number of halogens is 3. The second-order valence-corrected chi connectivity index (χ2v) is 2.78. The summed E-state index contributed by atoms with van der Waals surface area (Å²) in [7, 11) is 0. The zero-order valence-corrected chi connectivity index (χ0v) is 6.91. The van der Waals surface area contributed by atoms with Crippen LogP contribution in [0.15, 0.2) is 23.3 Å². The van der Waals surface area contributed by atoms with Crippen LogP contribution in [-0.4, -0.2) is 6.18 Å². The summed E-state index contributed by atoms with van der Waals surface area (Å²) in [5.41, 5.74) is 0.00463. The monoisotopic (exact) mass is 176 g/mol. The lowest BCUT2D eigenvalue weighted by Crippen LogP contribution is -2.15. The Balaban J connectivity index is 2.88. The third-order valence-electron chi connectivity index (χ3n) is 1.94. The van der Waals surface area contributed by atoms with E-state index in [1.54, 1.807) is 13.0 Å². The molecular formula is C9H11F3. The predicted molar refractivity (Wildman–Crippen MR) is 41.7 cm³/mol. The Morgan fingerprint density at radius 1 is 1.25 bits per heavy atom. The molecule has 0 nitrogen and oxygen atoms in total. The van der Waals surface area contributed by atoms with Crippen LogP contribution in [0.4, 0.5) is 13.2 Å². The van der Waals surface area contributed by atoms with Gasteiger partial charge in [0.25, 0.3) is 0 Å². The van der Waals surface area contributed by atoms with Crippen molar-refractivity contribution < 1.29 is 13.2 Å². The van der Waals surface area contributed by atoms with Gasteiger partial charge in [-0.15, -0.1) is 0 Å². The van der Waals surface area contributed by atoms with Crippen LogP contribution in [0.5, 0.6) is 0 Å². The molecule has 1 aliphatic rings. The van der Waals surface area contributed by atoms with Gasteiger partial charge in [0.15, 0.2) is 0 Å². The molecule has 0 aromatic rings. The van der Waals surface area contributed by atoms with Gasteiger partial charge in [0.2, 0.25) is 0 Å². The van der Waals surface area contributed by atoms with Crippen molar-refractivity contribution in [1.82, 2.24) is 0 Å². The van der Waals surface area contributed by atoms with Gasteiger partial charge in [-0.25, -0.2) is 0 Å². The minimum atomic E-state index is -4.16. The van der Waals surface area contributed by atoms with Crippen molar-refractivity contribution in [2.75, 3.05) is 0 Å². The van der Waals surface area contributed by atoms with Crippen molar-refractivity contribution in [2.24, 2.45) is 0 Å². The van der Waals surface area contributed by atoms with Crippen molar-refractivity contribution >= 4 is 0 Å².